The highest BCUT2D eigenvalue weighted by molar-refractivity contribution is 5.99. The Morgan fingerprint density at radius 2 is 1.97 bits per heavy atom. The molecule has 2 aromatic heterocycles. The lowest BCUT2D eigenvalue weighted by molar-refractivity contribution is 0.0588. The second-order valence-corrected chi connectivity index (χ2v) is 8.46. The first-order valence-electron chi connectivity index (χ1n) is 10.9. The minimum atomic E-state index is -0.565. The van der Waals surface area contributed by atoms with Gasteiger partial charge >= 0.3 is 6.03 Å². The molecule has 170 valence electrons. The first kappa shape index (κ1) is 21.3. The van der Waals surface area contributed by atoms with E-state index >= 15 is 0 Å². The van der Waals surface area contributed by atoms with Crippen molar-refractivity contribution in [2.75, 3.05) is 23.7 Å². The highest BCUT2D eigenvalue weighted by atomic mass is 16.2. The van der Waals surface area contributed by atoms with Gasteiger partial charge in [0.2, 0.25) is 0 Å². The number of nitriles is 1. The van der Waals surface area contributed by atoms with Gasteiger partial charge < -0.3 is 20.1 Å². The summed E-state index contributed by atoms with van der Waals surface area (Å²) in [5.41, 5.74) is 1.94. The number of likely N-dealkylation sites (tertiary alicyclic amines) is 1. The fraction of sp³-hybridized carbons (Fsp3) is 0.250. The molecule has 1 aromatic carbocycles. The standard InChI is InChI=1S/C24H21N7O3/c25-10-15-2-1-3-18(9-15)28-24(34)29-19-4-5-21-17-8-16(13-31(21)23(19)33)12-30(14-17)22(32)20-11-26-6-7-27-20/h1-7,9,11,16-17H,8,12-14H2,(H2,28,29,34)/t16-,17-/m1/s1. The van der Waals surface area contributed by atoms with E-state index in [-0.39, 0.29) is 29.0 Å². The number of rotatable bonds is 3. The van der Waals surface area contributed by atoms with E-state index in [1.165, 1.54) is 18.6 Å². The van der Waals surface area contributed by atoms with Gasteiger partial charge in [-0.1, -0.05) is 6.07 Å². The van der Waals surface area contributed by atoms with Gasteiger partial charge in [0.25, 0.3) is 11.5 Å². The first-order valence-corrected chi connectivity index (χ1v) is 10.9. The van der Waals surface area contributed by atoms with E-state index < -0.39 is 6.03 Å². The number of piperidine rings is 1. The number of urea groups is 1. The number of amides is 3. The minimum Gasteiger partial charge on any atom is -0.336 e. The van der Waals surface area contributed by atoms with Crippen molar-refractivity contribution in [1.82, 2.24) is 19.4 Å². The predicted octanol–water partition coefficient (Wildman–Crippen LogP) is 2.41. The summed E-state index contributed by atoms with van der Waals surface area (Å²) in [5, 5.41) is 14.3. The third kappa shape index (κ3) is 4.11. The molecule has 3 aromatic rings. The van der Waals surface area contributed by atoms with Gasteiger partial charge in [-0.3, -0.25) is 14.6 Å². The SMILES string of the molecule is N#Cc1cccc(NC(=O)Nc2ccc3n(c2=O)C[C@@H]2C[C@@H]3CN(C(=O)c3cnccn3)C2)c1. The quantitative estimate of drug-likeness (QED) is 0.623. The van der Waals surface area contributed by atoms with Gasteiger partial charge in [0, 0.05) is 49.3 Å². The molecular formula is C24H21N7O3. The molecule has 0 radical (unpaired) electrons. The molecule has 0 saturated carbocycles. The van der Waals surface area contributed by atoms with E-state index in [2.05, 4.69) is 20.6 Å². The van der Waals surface area contributed by atoms with Gasteiger partial charge in [0.05, 0.1) is 17.8 Å². The van der Waals surface area contributed by atoms with Crippen LogP contribution in [0.2, 0.25) is 0 Å². The van der Waals surface area contributed by atoms with Crippen molar-refractivity contribution in [3.8, 4) is 6.07 Å². The van der Waals surface area contributed by atoms with E-state index in [0.29, 0.717) is 36.6 Å². The van der Waals surface area contributed by atoms with Crippen molar-refractivity contribution < 1.29 is 9.59 Å². The molecule has 2 atom stereocenters. The Balaban J connectivity index is 1.32. The molecule has 2 aliphatic rings. The average Bonchev–Trinajstić information content (AvgIpc) is 2.86. The summed E-state index contributed by atoms with van der Waals surface area (Å²) in [7, 11) is 0. The number of pyridine rings is 1. The number of carbonyl (C=O) groups excluding carboxylic acids is 2. The van der Waals surface area contributed by atoms with Gasteiger partial charge in [-0.2, -0.15) is 5.26 Å². The molecule has 2 N–H and O–H groups in total. The summed E-state index contributed by atoms with van der Waals surface area (Å²) >= 11 is 0. The second kappa shape index (κ2) is 8.78. The van der Waals surface area contributed by atoms with Gasteiger partial charge in [-0.15, -0.1) is 0 Å². The highest BCUT2D eigenvalue weighted by Gasteiger charge is 2.37. The highest BCUT2D eigenvalue weighted by Crippen LogP contribution is 2.35. The van der Waals surface area contributed by atoms with Crippen LogP contribution in [0, 0.1) is 17.2 Å². The summed E-state index contributed by atoms with van der Waals surface area (Å²) in [6.45, 7) is 1.50. The Hall–Kier alpha value is -4.52. The first-order chi connectivity index (χ1) is 16.5. The van der Waals surface area contributed by atoms with Gasteiger partial charge in [0.15, 0.2) is 0 Å². The molecule has 1 fully saturated rings. The third-order valence-electron chi connectivity index (χ3n) is 6.17. The molecule has 2 bridgehead atoms. The lowest BCUT2D eigenvalue weighted by Crippen LogP contribution is -2.49. The zero-order valence-corrected chi connectivity index (χ0v) is 18.1. The van der Waals surface area contributed by atoms with Crippen LogP contribution in [0.1, 0.15) is 34.1 Å². The summed E-state index contributed by atoms with van der Waals surface area (Å²) < 4.78 is 1.70. The van der Waals surface area contributed by atoms with E-state index in [1.54, 1.807) is 39.8 Å². The smallest absolute Gasteiger partial charge is 0.323 e. The van der Waals surface area contributed by atoms with Crippen molar-refractivity contribution in [2.24, 2.45) is 5.92 Å². The summed E-state index contributed by atoms with van der Waals surface area (Å²) in [6, 6.07) is 11.4. The minimum absolute atomic E-state index is 0.0254. The molecule has 0 unspecified atom stereocenters. The van der Waals surface area contributed by atoms with E-state index in [4.69, 9.17) is 5.26 Å². The monoisotopic (exact) mass is 455 g/mol. The fourth-order valence-corrected chi connectivity index (χ4v) is 4.73. The number of nitrogens with zero attached hydrogens (tertiary/aromatic N) is 5. The number of nitrogens with one attached hydrogen (secondary N) is 2. The number of fused-ring (bicyclic) bond motifs is 4. The number of anilines is 2. The number of benzene rings is 1. The van der Waals surface area contributed by atoms with Gasteiger partial charge in [-0.05, 0) is 42.7 Å². The molecule has 3 amide bonds. The van der Waals surface area contributed by atoms with Crippen LogP contribution < -0.4 is 16.2 Å². The summed E-state index contributed by atoms with van der Waals surface area (Å²) in [6.07, 6.45) is 5.38. The van der Waals surface area contributed by atoms with E-state index in [0.717, 1.165) is 12.1 Å². The van der Waals surface area contributed by atoms with Crippen molar-refractivity contribution in [2.45, 2.75) is 18.9 Å². The number of hydrogen-bond acceptors (Lipinski definition) is 6. The lowest BCUT2D eigenvalue weighted by Gasteiger charge is -2.42. The second-order valence-electron chi connectivity index (χ2n) is 8.46. The average molecular weight is 455 g/mol. The van der Waals surface area contributed by atoms with Crippen LogP contribution in [0.15, 0.2) is 59.8 Å². The molecule has 10 heteroatoms. The van der Waals surface area contributed by atoms with Crippen LogP contribution in [0.3, 0.4) is 0 Å². The number of hydrogen-bond donors (Lipinski definition) is 2. The Labute approximate surface area is 194 Å². The molecular weight excluding hydrogens is 434 g/mol. The molecule has 1 saturated heterocycles. The maximum absolute atomic E-state index is 13.1. The molecule has 5 rings (SSSR count). The van der Waals surface area contributed by atoms with Crippen LogP contribution in [0.5, 0.6) is 0 Å². The molecule has 0 aliphatic carbocycles. The van der Waals surface area contributed by atoms with Crippen molar-refractivity contribution in [1.29, 1.82) is 5.26 Å². The van der Waals surface area contributed by atoms with Crippen molar-refractivity contribution >= 4 is 23.3 Å². The maximum Gasteiger partial charge on any atom is 0.323 e. The topological polar surface area (TPSA) is 133 Å². The van der Waals surface area contributed by atoms with E-state index in [9.17, 15) is 14.4 Å². The molecule has 34 heavy (non-hydrogen) atoms. The Morgan fingerprint density at radius 1 is 1.09 bits per heavy atom. The largest absolute Gasteiger partial charge is 0.336 e. The zero-order valence-electron chi connectivity index (χ0n) is 18.1. The Kier molecular flexibility index (Phi) is 5.51. The normalized spacial score (nSPS) is 18.4. The molecule has 0 spiro atoms. The van der Waals surface area contributed by atoms with Crippen LogP contribution in [-0.4, -0.2) is 44.5 Å². The van der Waals surface area contributed by atoms with Gasteiger partial charge in [0.1, 0.15) is 11.4 Å². The Morgan fingerprint density at radius 3 is 2.76 bits per heavy atom. The maximum atomic E-state index is 13.1. The van der Waals surface area contributed by atoms with Gasteiger partial charge in [-0.25, -0.2) is 9.78 Å². The van der Waals surface area contributed by atoms with Crippen LogP contribution in [-0.2, 0) is 6.54 Å². The number of carbonyl (C=O) groups is 2. The summed E-state index contributed by atoms with van der Waals surface area (Å²) in [4.78, 5) is 48.3. The Bertz CT molecular complexity index is 1360. The predicted molar refractivity (Wildman–Crippen MR) is 123 cm³/mol. The molecule has 2 aliphatic heterocycles. The van der Waals surface area contributed by atoms with Crippen LogP contribution in [0.4, 0.5) is 16.2 Å². The van der Waals surface area contributed by atoms with Crippen molar-refractivity contribution in [3.63, 3.8) is 0 Å². The zero-order chi connectivity index (χ0) is 23.7. The number of aromatic nitrogens is 3. The lowest BCUT2D eigenvalue weighted by atomic mass is 9.83. The molecule has 4 heterocycles. The third-order valence-corrected chi connectivity index (χ3v) is 6.17. The van der Waals surface area contributed by atoms with Crippen molar-refractivity contribution in [3.05, 3.63) is 82.3 Å². The van der Waals surface area contributed by atoms with Crippen LogP contribution >= 0.6 is 0 Å². The van der Waals surface area contributed by atoms with E-state index in [1.807, 2.05) is 12.1 Å². The van der Waals surface area contributed by atoms with Crippen LogP contribution in [0.25, 0.3) is 0 Å². The summed E-state index contributed by atoms with van der Waals surface area (Å²) in [5.74, 6) is -0.00573. The fourth-order valence-electron chi connectivity index (χ4n) is 4.73. The molecule has 10 nitrogen and oxygen atoms in total.